The summed E-state index contributed by atoms with van der Waals surface area (Å²) >= 11 is 0. The van der Waals surface area contributed by atoms with E-state index in [0.717, 1.165) is 5.70 Å². The Morgan fingerprint density at radius 3 is 1.60 bits per heavy atom. The Hall–Kier alpha value is -2.02. The lowest BCUT2D eigenvalue weighted by atomic mass is 9.73. The minimum Gasteiger partial charge on any atom is -0.402 e. The van der Waals surface area contributed by atoms with Gasteiger partial charge in [0.1, 0.15) is 0 Å². The van der Waals surface area contributed by atoms with Gasteiger partial charge in [0.05, 0.1) is 0 Å². The molecular formula is C19H25N. The topological polar surface area (TPSA) is 26.0 Å². The fourth-order valence-corrected chi connectivity index (χ4v) is 1.97. The summed E-state index contributed by atoms with van der Waals surface area (Å²) in [5.41, 5.74) is 7.87. The van der Waals surface area contributed by atoms with Crippen molar-refractivity contribution in [2.45, 2.75) is 26.2 Å². The first-order valence-corrected chi connectivity index (χ1v) is 6.96. The van der Waals surface area contributed by atoms with Crippen molar-refractivity contribution in [3.8, 4) is 0 Å². The van der Waals surface area contributed by atoms with Crippen LogP contribution in [0.5, 0.6) is 0 Å². The Kier molecular flexibility index (Phi) is 6.05. The molecule has 0 aliphatic carbocycles. The van der Waals surface area contributed by atoms with Gasteiger partial charge in [-0.15, -0.1) is 0 Å². The zero-order chi connectivity index (χ0) is 15.0. The summed E-state index contributed by atoms with van der Waals surface area (Å²) in [6, 6.07) is 22.4. The first kappa shape index (κ1) is 16.0. The van der Waals surface area contributed by atoms with Crippen LogP contribution in [0.4, 0.5) is 0 Å². The summed E-state index contributed by atoms with van der Waals surface area (Å²) < 4.78 is 0. The minimum absolute atomic E-state index is 0.0487. The van der Waals surface area contributed by atoms with Gasteiger partial charge in [0.2, 0.25) is 0 Å². The second-order valence-electron chi connectivity index (χ2n) is 5.54. The molecule has 0 spiro atoms. The third kappa shape index (κ3) is 4.58. The quantitative estimate of drug-likeness (QED) is 0.852. The molecule has 1 atom stereocenters. The zero-order valence-electron chi connectivity index (χ0n) is 12.7. The Labute approximate surface area is 123 Å². The van der Waals surface area contributed by atoms with Crippen molar-refractivity contribution in [3.63, 3.8) is 0 Å². The molecule has 0 aliphatic rings. The van der Waals surface area contributed by atoms with Crippen molar-refractivity contribution in [1.82, 2.24) is 0 Å². The van der Waals surface area contributed by atoms with Crippen molar-refractivity contribution < 1.29 is 0 Å². The summed E-state index contributed by atoms with van der Waals surface area (Å²) in [7, 11) is 0. The molecule has 0 heterocycles. The Bertz CT molecular complexity index is 473. The van der Waals surface area contributed by atoms with E-state index < -0.39 is 0 Å². The van der Waals surface area contributed by atoms with E-state index in [4.69, 9.17) is 5.73 Å². The number of hydrogen-bond acceptors (Lipinski definition) is 1. The van der Waals surface area contributed by atoms with E-state index in [-0.39, 0.29) is 11.3 Å². The molecule has 2 N–H and O–H groups in total. The zero-order valence-corrected chi connectivity index (χ0v) is 12.7. The third-order valence-corrected chi connectivity index (χ3v) is 3.82. The van der Waals surface area contributed by atoms with E-state index in [1.807, 2.05) is 42.5 Å². The van der Waals surface area contributed by atoms with Crippen molar-refractivity contribution >= 4 is 0 Å². The maximum Gasteiger partial charge on any atom is 0.00449 e. The van der Waals surface area contributed by atoms with Crippen LogP contribution in [-0.2, 0) is 5.41 Å². The first-order valence-electron chi connectivity index (χ1n) is 6.96. The summed E-state index contributed by atoms with van der Waals surface area (Å²) in [4.78, 5) is 0. The summed E-state index contributed by atoms with van der Waals surface area (Å²) in [6.07, 6.45) is 0. The molecule has 20 heavy (non-hydrogen) atoms. The number of hydrogen-bond donors (Lipinski definition) is 1. The van der Waals surface area contributed by atoms with Gasteiger partial charge in [0.15, 0.2) is 0 Å². The van der Waals surface area contributed by atoms with Gasteiger partial charge in [0.25, 0.3) is 0 Å². The molecule has 0 aliphatic heterocycles. The van der Waals surface area contributed by atoms with E-state index in [9.17, 15) is 0 Å². The van der Waals surface area contributed by atoms with Crippen LogP contribution >= 0.6 is 0 Å². The molecule has 0 bridgehead atoms. The van der Waals surface area contributed by atoms with E-state index in [2.05, 4.69) is 51.6 Å². The van der Waals surface area contributed by atoms with Crippen LogP contribution in [0.15, 0.2) is 79.0 Å². The SMILES string of the molecule is C=C(N)C(C)C(C)(C)c1ccccc1.c1ccccc1. The summed E-state index contributed by atoms with van der Waals surface area (Å²) in [6.45, 7) is 10.3. The fourth-order valence-electron chi connectivity index (χ4n) is 1.97. The largest absolute Gasteiger partial charge is 0.402 e. The molecule has 2 aromatic rings. The molecule has 0 aromatic heterocycles. The first-order chi connectivity index (χ1) is 9.46. The standard InChI is InChI=1S/C13H19N.C6H6/c1-10(11(2)14)13(3,4)12-8-6-5-7-9-12;1-2-4-6-5-3-1/h5-10H,2,14H2,1,3-4H3;1-6H. The van der Waals surface area contributed by atoms with Gasteiger partial charge < -0.3 is 5.73 Å². The Balaban J connectivity index is 0.000000276. The molecule has 1 heteroatoms. The molecule has 0 saturated heterocycles. The van der Waals surface area contributed by atoms with Crippen LogP contribution in [0.2, 0.25) is 0 Å². The van der Waals surface area contributed by atoms with E-state index >= 15 is 0 Å². The molecule has 106 valence electrons. The van der Waals surface area contributed by atoms with Crippen LogP contribution in [0, 0.1) is 5.92 Å². The lowest BCUT2D eigenvalue weighted by Gasteiger charge is -2.32. The average Bonchev–Trinajstić information content (AvgIpc) is 2.49. The van der Waals surface area contributed by atoms with E-state index in [0.29, 0.717) is 0 Å². The maximum atomic E-state index is 5.76. The lowest BCUT2D eigenvalue weighted by Crippen LogP contribution is -2.30. The average molecular weight is 267 g/mol. The monoisotopic (exact) mass is 267 g/mol. The van der Waals surface area contributed by atoms with Gasteiger partial charge in [-0.3, -0.25) is 0 Å². The van der Waals surface area contributed by atoms with Gasteiger partial charge in [0, 0.05) is 11.6 Å². The van der Waals surface area contributed by atoms with Gasteiger partial charge in [-0.2, -0.15) is 0 Å². The highest BCUT2D eigenvalue weighted by Gasteiger charge is 2.28. The summed E-state index contributed by atoms with van der Waals surface area (Å²) in [5, 5.41) is 0. The number of allylic oxidation sites excluding steroid dienone is 1. The molecule has 2 rings (SSSR count). The predicted octanol–water partition coefficient (Wildman–Crippen LogP) is 4.76. The maximum absolute atomic E-state index is 5.76. The van der Waals surface area contributed by atoms with Crippen LogP contribution in [-0.4, -0.2) is 0 Å². The van der Waals surface area contributed by atoms with E-state index in [1.165, 1.54) is 5.56 Å². The van der Waals surface area contributed by atoms with Crippen LogP contribution < -0.4 is 5.73 Å². The molecule has 0 radical (unpaired) electrons. The summed E-state index contributed by atoms with van der Waals surface area (Å²) in [5.74, 6) is 0.282. The second-order valence-corrected chi connectivity index (χ2v) is 5.54. The molecular weight excluding hydrogens is 242 g/mol. The number of benzene rings is 2. The Morgan fingerprint density at radius 2 is 1.25 bits per heavy atom. The second kappa shape index (κ2) is 7.54. The van der Waals surface area contributed by atoms with Crippen molar-refractivity contribution in [2.24, 2.45) is 11.7 Å². The molecule has 0 amide bonds. The van der Waals surface area contributed by atoms with Gasteiger partial charge in [-0.25, -0.2) is 0 Å². The van der Waals surface area contributed by atoms with Gasteiger partial charge in [-0.1, -0.05) is 94.1 Å². The van der Waals surface area contributed by atoms with Crippen molar-refractivity contribution in [1.29, 1.82) is 0 Å². The van der Waals surface area contributed by atoms with Crippen LogP contribution in [0.3, 0.4) is 0 Å². The van der Waals surface area contributed by atoms with Crippen LogP contribution in [0.25, 0.3) is 0 Å². The molecule has 0 saturated carbocycles. The number of rotatable bonds is 3. The van der Waals surface area contributed by atoms with Crippen molar-refractivity contribution in [2.75, 3.05) is 0 Å². The highest BCUT2D eigenvalue weighted by molar-refractivity contribution is 5.26. The van der Waals surface area contributed by atoms with Gasteiger partial charge in [-0.05, 0) is 11.0 Å². The third-order valence-electron chi connectivity index (χ3n) is 3.82. The normalized spacial score (nSPS) is 11.9. The highest BCUT2D eigenvalue weighted by atomic mass is 14.6. The van der Waals surface area contributed by atoms with Crippen LogP contribution in [0.1, 0.15) is 26.3 Å². The Morgan fingerprint density at radius 1 is 0.900 bits per heavy atom. The smallest absolute Gasteiger partial charge is 0.00449 e. The molecule has 1 unspecified atom stereocenters. The lowest BCUT2D eigenvalue weighted by molar-refractivity contribution is 0.389. The van der Waals surface area contributed by atoms with Crippen molar-refractivity contribution in [3.05, 3.63) is 84.6 Å². The highest BCUT2D eigenvalue weighted by Crippen LogP contribution is 2.33. The van der Waals surface area contributed by atoms with E-state index in [1.54, 1.807) is 0 Å². The molecule has 1 nitrogen and oxygen atoms in total. The van der Waals surface area contributed by atoms with Gasteiger partial charge >= 0.3 is 0 Å². The minimum atomic E-state index is 0.0487. The fraction of sp³-hybridized carbons (Fsp3) is 0.263. The molecule has 2 aromatic carbocycles. The molecule has 0 fully saturated rings. The number of nitrogens with two attached hydrogens (primary N) is 1. The predicted molar refractivity (Wildman–Crippen MR) is 88.4 cm³/mol.